The maximum atomic E-state index is 14.6. The molecule has 3 atom stereocenters. The van der Waals surface area contributed by atoms with Crippen LogP contribution in [0.15, 0.2) is 113 Å². The lowest BCUT2D eigenvalue weighted by Gasteiger charge is -2.28. The second kappa shape index (κ2) is 12.6. The summed E-state index contributed by atoms with van der Waals surface area (Å²) >= 11 is 0. The van der Waals surface area contributed by atoms with Crippen molar-refractivity contribution in [1.29, 1.82) is 10.5 Å². The average molecular weight is 658 g/mol. The molecule has 3 aromatic rings. The molecule has 1 saturated heterocycles. The van der Waals surface area contributed by atoms with Gasteiger partial charge in [0, 0.05) is 30.8 Å². The lowest BCUT2D eigenvalue weighted by Crippen LogP contribution is -2.40. The van der Waals surface area contributed by atoms with Gasteiger partial charge in [0.2, 0.25) is 10.0 Å². The molecule has 1 aromatic heterocycles. The first-order valence-corrected chi connectivity index (χ1v) is 17.1. The molecule has 0 saturated carbocycles. The van der Waals surface area contributed by atoms with Gasteiger partial charge in [0.1, 0.15) is 18.1 Å². The van der Waals surface area contributed by atoms with Crippen LogP contribution in [0.1, 0.15) is 35.4 Å². The Bertz CT molecular complexity index is 2080. The van der Waals surface area contributed by atoms with Crippen molar-refractivity contribution in [2.45, 2.75) is 37.4 Å². The summed E-state index contributed by atoms with van der Waals surface area (Å²) in [5.41, 5.74) is 3.72. The van der Waals surface area contributed by atoms with E-state index in [2.05, 4.69) is 17.1 Å². The quantitative estimate of drug-likeness (QED) is 0.340. The van der Waals surface area contributed by atoms with E-state index in [1.54, 1.807) is 78.0 Å². The largest absolute Gasteiger partial charge is 0.508 e. The zero-order valence-corrected chi connectivity index (χ0v) is 26.6. The van der Waals surface area contributed by atoms with Crippen LogP contribution in [0.4, 0.5) is 0 Å². The number of allylic oxidation sites excluding steroid dienone is 2. The van der Waals surface area contributed by atoms with Gasteiger partial charge in [-0.25, -0.2) is 8.42 Å². The van der Waals surface area contributed by atoms with E-state index in [1.165, 1.54) is 4.31 Å². The van der Waals surface area contributed by atoms with Crippen LogP contribution in [0, 0.1) is 28.6 Å². The molecule has 2 aliphatic carbocycles. The Morgan fingerprint density at radius 3 is 2.58 bits per heavy atom. The zero-order chi connectivity index (χ0) is 33.4. The number of pyridine rings is 1. The first-order valence-electron chi connectivity index (χ1n) is 15.7. The van der Waals surface area contributed by atoms with Crippen LogP contribution in [0.2, 0.25) is 0 Å². The van der Waals surface area contributed by atoms with E-state index in [-0.39, 0.29) is 35.8 Å². The number of carbonyl (C=O) groups is 1. The number of rotatable bonds is 9. The van der Waals surface area contributed by atoms with E-state index in [0.29, 0.717) is 41.9 Å². The lowest BCUT2D eigenvalue weighted by atomic mass is 9.80. The Labute approximate surface area is 278 Å². The predicted molar refractivity (Wildman–Crippen MR) is 177 cm³/mol. The summed E-state index contributed by atoms with van der Waals surface area (Å²) in [6.45, 7) is 0.711. The topological polar surface area (TPSA) is 148 Å². The van der Waals surface area contributed by atoms with Crippen molar-refractivity contribution in [2.24, 2.45) is 5.92 Å². The van der Waals surface area contributed by atoms with Crippen molar-refractivity contribution >= 4 is 22.0 Å². The highest BCUT2D eigenvalue weighted by atomic mass is 32.2. The first-order chi connectivity index (χ1) is 23.3. The third kappa shape index (κ3) is 5.47. The summed E-state index contributed by atoms with van der Waals surface area (Å²) in [7, 11) is -4.00. The Hall–Kier alpha value is -5.49. The molecule has 1 fully saturated rings. The van der Waals surface area contributed by atoms with E-state index in [4.69, 9.17) is 4.74 Å². The van der Waals surface area contributed by atoms with Gasteiger partial charge >= 0.3 is 0 Å². The molecule has 2 aliphatic heterocycles. The number of phenolic OH excluding ortho intramolecular Hbond substituents is 1. The number of nitrogens with zero attached hydrogens (tertiary/aromatic N) is 5. The van der Waals surface area contributed by atoms with Gasteiger partial charge in [-0.2, -0.15) is 14.8 Å². The normalized spacial score (nSPS) is 21.9. The van der Waals surface area contributed by atoms with Gasteiger partial charge in [0.25, 0.3) is 5.91 Å². The number of carbonyl (C=O) groups excluding carboxylic acids is 1. The molecule has 0 radical (unpaired) electrons. The van der Waals surface area contributed by atoms with Crippen molar-refractivity contribution in [3.63, 3.8) is 0 Å². The smallest absolute Gasteiger partial charge is 0.252 e. The number of benzene rings is 2. The maximum absolute atomic E-state index is 14.6. The summed E-state index contributed by atoms with van der Waals surface area (Å²) in [6.07, 6.45) is 11.2. The molecule has 1 amide bonds. The Morgan fingerprint density at radius 1 is 1.04 bits per heavy atom. The van der Waals surface area contributed by atoms with Crippen LogP contribution in [0.5, 0.6) is 11.5 Å². The molecular formula is C37H31N5O5S. The first kappa shape index (κ1) is 31.1. The monoisotopic (exact) mass is 657 g/mol. The third-order valence-electron chi connectivity index (χ3n) is 9.34. The summed E-state index contributed by atoms with van der Waals surface area (Å²) in [5, 5.41) is 29.7. The molecule has 1 N–H and O–H groups in total. The van der Waals surface area contributed by atoms with Gasteiger partial charge in [-0.3, -0.25) is 9.78 Å². The molecule has 10 nitrogen and oxygen atoms in total. The molecular weight excluding hydrogens is 627 g/mol. The van der Waals surface area contributed by atoms with Crippen LogP contribution >= 0.6 is 0 Å². The van der Waals surface area contributed by atoms with Crippen molar-refractivity contribution in [2.75, 3.05) is 13.2 Å². The lowest BCUT2D eigenvalue weighted by molar-refractivity contribution is -0.127. The second-order valence-corrected chi connectivity index (χ2v) is 14.0. The van der Waals surface area contributed by atoms with E-state index < -0.39 is 27.9 Å². The predicted octanol–water partition coefficient (Wildman–Crippen LogP) is 4.97. The molecule has 11 heteroatoms. The minimum atomic E-state index is -4.00. The van der Waals surface area contributed by atoms with Gasteiger partial charge in [-0.15, -0.1) is 0 Å². The third-order valence-corrected chi connectivity index (χ3v) is 11.3. The summed E-state index contributed by atoms with van der Waals surface area (Å²) in [5.74, 6) is -1.47. The van der Waals surface area contributed by atoms with E-state index in [9.17, 15) is 28.8 Å². The number of phenols is 1. The van der Waals surface area contributed by atoms with Gasteiger partial charge in [0.05, 0.1) is 35.3 Å². The molecule has 0 bridgehead atoms. The van der Waals surface area contributed by atoms with Crippen LogP contribution in [-0.4, -0.2) is 58.9 Å². The number of nitriles is 2. The maximum Gasteiger partial charge on any atom is 0.252 e. The van der Waals surface area contributed by atoms with Crippen molar-refractivity contribution < 1.29 is 23.1 Å². The number of hydrogen-bond donors (Lipinski definition) is 1. The number of fused-ring (bicyclic) bond motifs is 2. The Kier molecular flexibility index (Phi) is 8.17. The Morgan fingerprint density at radius 2 is 1.83 bits per heavy atom. The minimum Gasteiger partial charge on any atom is -0.508 e. The molecule has 3 unspecified atom stereocenters. The highest BCUT2D eigenvalue weighted by Crippen LogP contribution is 2.50. The van der Waals surface area contributed by atoms with Crippen molar-refractivity contribution in [3.05, 3.63) is 130 Å². The fourth-order valence-electron chi connectivity index (χ4n) is 7.06. The van der Waals surface area contributed by atoms with Gasteiger partial charge in [-0.1, -0.05) is 48.6 Å². The fraction of sp³-hybridized carbons (Fsp3) is 0.243. The summed E-state index contributed by atoms with van der Waals surface area (Å²) < 4.78 is 35.9. The number of aromatic hydroxyl groups is 1. The zero-order valence-electron chi connectivity index (χ0n) is 25.8. The fourth-order valence-corrected chi connectivity index (χ4v) is 8.78. The SMILES string of the molecule is N#CC(C#N)C1=Cc2ccccc2C1C1=C2C=C(S(=O)(=O)N3CCCC3COc3cccnc3)C=CC2N(Cc2ccc(O)cc2)C1=O. The number of hydrogen-bond acceptors (Lipinski definition) is 8. The highest BCUT2D eigenvalue weighted by molar-refractivity contribution is 7.93. The van der Waals surface area contributed by atoms with Crippen molar-refractivity contribution in [1.82, 2.24) is 14.2 Å². The van der Waals surface area contributed by atoms with Gasteiger partial charge in [-0.05, 0) is 77.1 Å². The van der Waals surface area contributed by atoms with E-state index in [0.717, 1.165) is 16.7 Å². The molecule has 2 aromatic carbocycles. The van der Waals surface area contributed by atoms with E-state index >= 15 is 0 Å². The molecule has 48 heavy (non-hydrogen) atoms. The number of ether oxygens (including phenoxy) is 1. The van der Waals surface area contributed by atoms with Gasteiger partial charge in [0.15, 0.2) is 5.92 Å². The second-order valence-electron chi connectivity index (χ2n) is 12.1. The molecule has 0 spiro atoms. The van der Waals surface area contributed by atoms with E-state index in [1.807, 2.05) is 24.3 Å². The average Bonchev–Trinajstić information content (AvgIpc) is 3.80. The summed E-state index contributed by atoms with van der Waals surface area (Å²) in [4.78, 5) is 20.3. The van der Waals surface area contributed by atoms with Crippen LogP contribution in [-0.2, 0) is 21.4 Å². The highest BCUT2D eigenvalue weighted by Gasteiger charge is 2.47. The minimum absolute atomic E-state index is 0.0627. The van der Waals surface area contributed by atoms with Crippen LogP contribution < -0.4 is 4.74 Å². The molecule has 4 aliphatic rings. The molecule has 240 valence electrons. The molecule has 7 rings (SSSR count). The number of sulfonamides is 1. The molecule has 3 heterocycles. The Balaban J connectivity index is 1.30. The van der Waals surface area contributed by atoms with Crippen LogP contribution in [0.25, 0.3) is 6.08 Å². The van der Waals surface area contributed by atoms with Gasteiger partial charge < -0.3 is 14.7 Å². The summed E-state index contributed by atoms with van der Waals surface area (Å²) in [6, 6.07) is 20.7. The number of amides is 1. The van der Waals surface area contributed by atoms with Crippen LogP contribution in [0.3, 0.4) is 0 Å². The van der Waals surface area contributed by atoms with Crippen molar-refractivity contribution in [3.8, 4) is 23.6 Å². The number of aromatic nitrogens is 1. The standard InChI is InChI=1S/C37H31N5O5S/c38-19-26(20-39)32-17-25-5-1-2-8-31(25)35(32)36-33-18-30(13-14-34(33)41(37(36)44)22-24-9-11-28(43)12-10-24)48(45,46)42-16-4-6-27(42)23-47-29-7-3-15-40-21-29/h1-3,5,7-15,17-18,21,26-27,34-35,43H,4,6,16,22-23H2.